The summed E-state index contributed by atoms with van der Waals surface area (Å²) in [6.07, 6.45) is -0.0481. The molecule has 5 rings (SSSR count). The van der Waals surface area contributed by atoms with E-state index in [4.69, 9.17) is 18.9 Å². The van der Waals surface area contributed by atoms with E-state index in [0.717, 1.165) is 37.2 Å². The molecule has 4 aliphatic heterocycles. The second-order valence-corrected chi connectivity index (χ2v) is 9.92. The Morgan fingerprint density at radius 1 is 0.625 bits per heavy atom. The van der Waals surface area contributed by atoms with Gasteiger partial charge in [0, 0.05) is 0 Å². The molecule has 136 valence electrons. The molecule has 5 fully saturated rings. The van der Waals surface area contributed by atoms with Crippen LogP contribution in [0.25, 0.3) is 0 Å². The van der Waals surface area contributed by atoms with Gasteiger partial charge in [0.25, 0.3) is 0 Å². The van der Waals surface area contributed by atoms with Crippen LogP contribution in [0.15, 0.2) is 0 Å². The summed E-state index contributed by atoms with van der Waals surface area (Å²) in [6.45, 7) is 0. The van der Waals surface area contributed by atoms with Crippen molar-refractivity contribution in [3.8, 4) is 0 Å². The minimum absolute atomic E-state index is 0.291. The summed E-state index contributed by atoms with van der Waals surface area (Å²) in [5.41, 5.74) is 0. The average Bonchev–Trinajstić information content (AvgIpc) is 3.39. The van der Waals surface area contributed by atoms with Gasteiger partial charge < -0.3 is 29.2 Å². The van der Waals surface area contributed by atoms with E-state index in [1.165, 1.54) is 0 Å². The summed E-state index contributed by atoms with van der Waals surface area (Å²) < 4.78 is 24.0. The highest BCUT2D eigenvalue weighted by Gasteiger charge is 2.61. The van der Waals surface area contributed by atoms with Crippen LogP contribution in [0.4, 0.5) is 0 Å². The summed E-state index contributed by atoms with van der Waals surface area (Å²) in [5.74, 6) is 2.24. The Hall–Kier alpha value is 0.460. The van der Waals surface area contributed by atoms with Gasteiger partial charge in [0.1, 0.15) is 36.6 Å². The average molecular weight is 376 g/mol. The lowest BCUT2D eigenvalue weighted by Gasteiger charge is -2.38. The molecule has 0 aromatic heterocycles. The van der Waals surface area contributed by atoms with Gasteiger partial charge >= 0.3 is 0 Å². The Kier molecular flexibility index (Phi) is 4.55. The molecule has 2 N–H and O–H groups in total. The second-order valence-electron chi connectivity index (χ2n) is 7.22. The first-order chi connectivity index (χ1) is 11.7. The molecular formula is C16H24O6S2. The topological polar surface area (TPSA) is 77.4 Å². The summed E-state index contributed by atoms with van der Waals surface area (Å²) >= 11 is 3.70. The van der Waals surface area contributed by atoms with E-state index in [0.29, 0.717) is 10.5 Å². The molecule has 1 saturated carbocycles. The van der Waals surface area contributed by atoms with Crippen LogP contribution >= 0.6 is 23.5 Å². The van der Waals surface area contributed by atoms with Crippen molar-refractivity contribution in [3.05, 3.63) is 0 Å². The van der Waals surface area contributed by atoms with Crippen LogP contribution in [0.5, 0.6) is 0 Å². The smallest absolute Gasteiger partial charge is 0.170 e. The fourth-order valence-electron chi connectivity index (χ4n) is 4.45. The minimum atomic E-state index is -0.823. The van der Waals surface area contributed by atoms with Crippen molar-refractivity contribution in [3.63, 3.8) is 0 Å². The fourth-order valence-corrected chi connectivity index (χ4v) is 6.96. The Morgan fingerprint density at radius 2 is 1.00 bits per heavy atom. The predicted molar refractivity (Wildman–Crippen MR) is 90.0 cm³/mol. The molecule has 1 aliphatic carbocycles. The molecule has 0 bridgehead atoms. The molecule has 0 aromatic rings. The number of hydrogen-bond acceptors (Lipinski definition) is 8. The predicted octanol–water partition coefficient (Wildman–Crippen LogP) is 0.733. The molecule has 8 heteroatoms. The number of fused-ring (bicyclic) bond motifs is 2. The number of hydrogen-bond donors (Lipinski definition) is 2. The molecule has 0 spiro atoms. The largest absolute Gasteiger partial charge is 0.387 e. The third kappa shape index (κ3) is 2.65. The molecule has 24 heavy (non-hydrogen) atoms. The van der Waals surface area contributed by atoms with Crippen LogP contribution in [-0.2, 0) is 18.9 Å². The summed E-state index contributed by atoms with van der Waals surface area (Å²) in [4.78, 5) is 0. The molecule has 5 aliphatic rings. The highest BCUT2D eigenvalue weighted by Crippen LogP contribution is 2.44. The number of thioether (sulfide) groups is 2. The summed E-state index contributed by atoms with van der Waals surface area (Å²) in [5, 5.41) is 22.1. The van der Waals surface area contributed by atoms with Gasteiger partial charge in [-0.1, -0.05) is 0 Å². The van der Waals surface area contributed by atoms with Gasteiger partial charge in [-0.15, -0.1) is 0 Å². The zero-order chi connectivity index (χ0) is 16.3. The third-order valence-electron chi connectivity index (χ3n) is 5.70. The van der Waals surface area contributed by atoms with Crippen molar-refractivity contribution < 1.29 is 29.2 Å². The lowest BCUT2D eigenvalue weighted by molar-refractivity contribution is -0.152. The molecule has 10 atom stereocenters. The molecule has 6 nitrogen and oxygen atoms in total. The first kappa shape index (κ1) is 16.6. The van der Waals surface area contributed by atoms with Gasteiger partial charge in [-0.3, -0.25) is 0 Å². The SMILES string of the molecule is O[C@@H]1[C@@H]2OC(C3CCCS3)O[C@@H]2[C@@H](O)C2OC(C3CCCS3)O[C@H]21. The number of aliphatic hydroxyl groups is 2. The van der Waals surface area contributed by atoms with Gasteiger partial charge in [-0.05, 0) is 37.2 Å². The summed E-state index contributed by atoms with van der Waals surface area (Å²) in [6, 6.07) is 0. The number of rotatable bonds is 2. The quantitative estimate of drug-likeness (QED) is 0.731. The van der Waals surface area contributed by atoms with Gasteiger partial charge in [0.05, 0.1) is 10.5 Å². The number of aliphatic hydroxyl groups excluding tert-OH is 2. The second kappa shape index (κ2) is 6.56. The third-order valence-corrected chi connectivity index (χ3v) is 8.52. The van der Waals surface area contributed by atoms with Crippen molar-refractivity contribution in [1.82, 2.24) is 0 Å². The summed E-state index contributed by atoms with van der Waals surface area (Å²) in [7, 11) is 0. The first-order valence-corrected chi connectivity index (χ1v) is 11.0. The van der Waals surface area contributed by atoms with Crippen LogP contribution in [0, 0.1) is 0 Å². The van der Waals surface area contributed by atoms with E-state index in [2.05, 4.69) is 0 Å². The normalized spacial score (nSPS) is 57.2. The van der Waals surface area contributed by atoms with Crippen LogP contribution in [0.2, 0.25) is 0 Å². The highest BCUT2D eigenvalue weighted by molar-refractivity contribution is 8.00. The van der Waals surface area contributed by atoms with Crippen LogP contribution < -0.4 is 0 Å². The van der Waals surface area contributed by atoms with Gasteiger partial charge in [-0.2, -0.15) is 23.5 Å². The zero-order valence-corrected chi connectivity index (χ0v) is 15.0. The van der Waals surface area contributed by atoms with Gasteiger partial charge in [-0.25, -0.2) is 0 Å². The molecular weight excluding hydrogens is 352 g/mol. The van der Waals surface area contributed by atoms with Crippen molar-refractivity contribution in [2.45, 2.75) is 85.4 Å². The maximum atomic E-state index is 10.8. The van der Waals surface area contributed by atoms with E-state index < -0.39 is 36.6 Å². The van der Waals surface area contributed by atoms with Gasteiger partial charge in [0.2, 0.25) is 0 Å². The lowest BCUT2D eigenvalue weighted by atomic mass is 9.85. The number of ether oxygens (including phenoxy) is 4. The Labute approximate surface area is 149 Å². The van der Waals surface area contributed by atoms with Crippen LogP contribution in [0.1, 0.15) is 25.7 Å². The molecule has 4 saturated heterocycles. The van der Waals surface area contributed by atoms with Crippen molar-refractivity contribution in [2.75, 3.05) is 11.5 Å². The van der Waals surface area contributed by atoms with Crippen LogP contribution in [0.3, 0.4) is 0 Å². The van der Waals surface area contributed by atoms with E-state index in [-0.39, 0.29) is 12.6 Å². The first-order valence-electron chi connectivity index (χ1n) is 8.93. The lowest BCUT2D eigenvalue weighted by Crippen LogP contribution is -2.61. The maximum Gasteiger partial charge on any atom is 0.170 e. The standard InChI is InChI=1S/C16H24O6S2/c17-9-11-12(20-15(19-11)7-3-1-5-23-7)10(18)14-13(9)21-16(22-14)8-4-2-6-24-8/h7-18H,1-6H2/t7?,8?,9-,10-,11-,12+,13?,14+,15?,16?/m1/s1. The minimum Gasteiger partial charge on any atom is -0.387 e. The van der Waals surface area contributed by atoms with E-state index >= 15 is 0 Å². The van der Waals surface area contributed by atoms with Crippen LogP contribution in [-0.4, -0.2) is 81.4 Å². The Balaban J connectivity index is 1.30. The molecule has 0 aromatic carbocycles. The highest BCUT2D eigenvalue weighted by atomic mass is 32.2. The Morgan fingerprint density at radius 3 is 1.29 bits per heavy atom. The van der Waals surface area contributed by atoms with E-state index in [1.807, 2.05) is 23.5 Å². The molecule has 4 heterocycles. The molecule has 0 amide bonds. The molecule has 5 unspecified atom stereocenters. The zero-order valence-electron chi connectivity index (χ0n) is 13.4. The van der Waals surface area contributed by atoms with E-state index in [1.54, 1.807) is 0 Å². The van der Waals surface area contributed by atoms with Crippen molar-refractivity contribution in [1.29, 1.82) is 0 Å². The molecule has 0 radical (unpaired) electrons. The fraction of sp³-hybridized carbons (Fsp3) is 1.00. The van der Waals surface area contributed by atoms with Gasteiger partial charge in [0.15, 0.2) is 12.6 Å². The monoisotopic (exact) mass is 376 g/mol. The van der Waals surface area contributed by atoms with E-state index in [9.17, 15) is 10.2 Å². The Bertz CT molecular complexity index is 403. The van der Waals surface area contributed by atoms with Crippen molar-refractivity contribution >= 4 is 23.5 Å². The van der Waals surface area contributed by atoms with Crippen molar-refractivity contribution in [2.24, 2.45) is 0 Å². The maximum absolute atomic E-state index is 10.8.